The van der Waals surface area contributed by atoms with Gasteiger partial charge in [0.2, 0.25) is 0 Å². The molecule has 0 radical (unpaired) electrons. The molecule has 1 aliphatic carbocycles. The number of nitrogens with zero attached hydrogens (tertiary/aromatic N) is 1. The molecule has 0 fully saturated rings. The average molecular weight is 229 g/mol. The molecular weight excluding hydrogens is 218 g/mol. The minimum Gasteiger partial charge on any atom is -0.295 e. The Morgan fingerprint density at radius 2 is 1.94 bits per heavy atom. The number of hydrogen-bond acceptors (Lipinski definition) is 3. The predicted octanol–water partition coefficient (Wildman–Crippen LogP) is 2.76. The molecule has 0 aliphatic heterocycles. The number of Topliss-reactive ketones (excluding diaryl/α,β-unsaturated/α-hetero) is 1. The van der Waals surface area contributed by atoms with Crippen molar-refractivity contribution in [1.29, 1.82) is 0 Å². The number of hydrogen-bond donors (Lipinski definition) is 0. The zero-order valence-corrected chi connectivity index (χ0v) is 9.29. The smallest absolute Gasteiger partial charge is 0.269 e. The van der Waals surface area contributed by atoms with Gasteiger partial charge in [0.1, 0.15) is 0 Å². The summed E-state index contributed by atoms with van der Waals surface area (Å²) in [6.45, 7) is 1.53. The lowest BCUT2D eigenvalue weighted by atomic mass is 9.92. The Labute approximate surface area is 98.4 Å². The van der Waals surface area contributed by atoms with Crippen LogP contribution < -0.4 is 0 Å². The molecule has 1 unspecified atom stereocenters. The van der Waals surface area contributed by atoms with Crippen molar-refractivity contribution in [2.24, 2.45) is 0 Å². The standard InChI is InChI=1S/C13H11NO3/c1-9(15)12-3-2-4-13(12)10-5-7-11(8-6-10)14(16)17/h2-8,13H,1H3. The molecule has 2 rings (SSSR count). The third kappa shape index (κ3) is 2.15. The van der Waals surface area contributed by atoms with Gasteiger partial charge in [-0.15, -0.1) is 0 Å². The maximum absolute atomic E-state index is 11.4. The fourth-order valence-corrected chi connectivity index (χ4v) is 1.91. The lowest BCUT2D eigenvalue weighted by molar-refractivity contribution is -0.384. The van der Waals surface area contributed by atoms with Gasteiger partial charge in [0.25, 0.3) is 5.69 Å². The quantitative estimate of drug-likeness (QED) is 0.591. The van der Waals surface area contributed by atoms with Crippen molar-refractivity contribution >= 4 is 11.5 Å². The molecule has 0 bridgehead atoms. The Balaban J connectivity index is 2.29. The summed E-state index contributed by atoms with van der Waals surface area (Å²) in [5.74, 6) is -0.0494. The molecular formula is C13H11NO3. The molecule has 0 amide bonds. The lowest BCUT2D eigenvalue weighted by Crippen LogP contribution is -2.04. The third-order valence-corrected chi connectivity index (χ3v) is 2.78. The van der Waals surface area contributed by atoms with Gasteiger partial charge in [0.15, 0.2) is 5.78 Å². The second-order valence-electron chi connectivity index (χ2n) is 3.89. The highest BCUT2D eigenvalue weighted by molar-refractivity contribution is 5.96. The predicted molar refractivity (Wildman–Crippen MR) is 63.7 cm³/mol. The summed E-state index contributed by atoms with van der Waals surface area (Å²) in [5.41, 5.74) is 1.67. The fourth-order valence-electron chi connectivity index (χ4n) is 1.91. The molecule has 1 aromatic carbocycles. The number of ketones is 1. The zero-order chi connectivity index (χ0) is 12.4. The van der Waals surface area contributed by atoms with Crippen LogP contribution in [0.1, 0.15) is 18.4 Å². The highest BCUT2D eigenvalue weighted by atomic mass is 16.6. The Morgan fingerprint density at radius 1 is 1.29 bits per heavy atom. The molecule has 86 valence electrons. The minimum atomic E-state index is -0.435. The number of carbonyl (C=O) groups excluding carboxylic acids is 1. The largest absolute Gasteiger partial charge is 0.295 e. The van der Waals surface area contributed by atoms with Crippen molar-refractivity contribution in [1.82, 2.24) is 0 Å². The number of benzene rings is 1. The first-order chi connectivity index (χ1) is 8.09. The number of nitro benzene ring substituents is 1. The van der Waals surface area contributed by atoms with E-state index in [1.54, 1.807) is 18.2 Å². The molecule has 0 N–H and O–H groups in total. The Bertz CT molecular complexity index is 526. The van der Waals surface area contributed by atoms with E-state index in [0.717, 1.165) is 11.1 Å². The van der Waals surface area contributed by atoms with Crippen molar-refractivity contribution in [3.63, 3.8) is 0 Å². The van der Waals surface area contributed by atoms with E-state index >= 15 is 0 Å². The van der Waals surface area contributed by atoms with Gasteiger partial charge in [0.05, 0.1) is 4.92 Å². The summed E-state index contributed by atoms with van der Waals surface area (Å²) in [4.78, 5) is 21.5. The van der Waals surface area contributed by atoms with Crippen LogP contribution in [0.4, 0.5) is 5.69 Å². The van der Waals surface area contributed by atoms with Crippen LogP contribution in [0.3, 0.4) is 0 Å². The fraction of sp³-hybridized carbons (Fsp3) is 0.154. The van der Waals surface area contributed by atoms with Gasteiger partial charge in [-0.05, 0) is 12.5 Å². The molecule has 0 saturated carbocycles. The Kier molecular flexibility index (Phi) is 2.87. The summed E-state index contributed by atoms with van der Waals surface area (Å²) in [5, 5.41) is 10.5. The molecule has 17 heavy (non-hydrogen) atoms. The van der Waals surface area contributed by atoms with Crippen molar-refractivity contribution in [3.8, 4) is 0 Å². The topological polar surface area (TPSA) is 60.2 Å². The van der Waals surface area contributed by atoms with Crippen LogP contribution in [0.2, 0.25) is 0 Å². The Morgan fingerprint density at radius 3 is 2.47 bits per heavy atom. The zero-order valence-electron chi connectivity index (χ0n) is 9.29. The minimum absolute atomic E-state index is 0.0263. The van der Waals surface area contributed by atoms with Crippen molar-refractivity contribution in [2.75, 3.05) is 0 Å². The van der Waals surface area contributed by atoms with E-state index in [1.807, 2.05) is 12.2 Å². The van der Waals surface area contributed by atoms with Gasteiger partial charge in [-0.1, -0.05) is 30.4 Å². The molecule has 0 aromatic heterocycles. The van der Waals surface area contributed by atoms with E-state index in [4.69, 9.17) is 0 Å². The van der Waals surface area contributed by atoms with Gasteiger partial charge in [0, 0.05) is 23.6 Å². The second kappa shape index (κ2) is 4.33. The summed E-state index contributed by atoms with van der Waals surface area (Å²) in [6, 6.07) is 6.29. The van der Waals surface area contributed by atoms with E-state index in [1.165, 1.54) is 19.1 Å². The summed E-state index contributed by atoms with van der Waals surface area (Å²) >= 11 is 0. The SMILES string of the molecule is CC(=O)C1=CC=CC1c1ccc([N+](=O)[O-])cc1. The molecule has 1 aliphatic rings. The van der Waals surface area contributed by atoms with Gasteiger partial charge < -0.3 is 0 Å². The number of allylic oxidation sites excluding steroid dienone is 4. The number of non-ortho nitro benzene ring substituents is 1. The first-order valence-corrected chi connectivity index (χ1v) is 5.23. The van der Waals surface area contributed by atoms with Crippen molar-refractivity contribution < 1.29 is 9.72 Å². The van der Waals surface area contributed by atoms with Crippen molar-refractivity contribution in [2.45, 2.75) is 12.8 Å². The van der Waals surface area contributed by atoms with Gasteiger partial charge in [-0.2, -0.15) is 0 Å². The maximum Gasteiger partial charge on any atom is 0.269 e. The van der Waals surface area contributed by atoms with Crippen molar-refractivity contribution in [3.05, 3.63) is 63.7 Å². The van der Waals surface area contributed by atoms with Crippen LogP contribution in [0.25, 0.3) is 0 Å². The van der Waals surface area contributed by atoms with Gasteiger partial charge in [-0.3, -0.25) is 14.9 Å². The lowest BCUT2D eigenvalue weighted by Gasteiger charge is -2.11. The highest BCUT2D eigenvalue weighted by Gasteiger charge is 2.20. The monoisotopic (exact) mass is 229 g/mol. The van der Waals surface area contributed by atoms with Crippen LogP contribution in [-0.2, 0) is 4.79 Å². The second-order valence-corrected chi connectivity index (χ2v) is 3.89. The third-order valence-electron chi connectivity index (χ3n) is 2.78. The van der Waals surface area contributed by atoms with Gasteiger partial charge in [-0.25, -0.2) is 0 Å². The normalized spacial score (nSPS) is 17.9. The average Bonchev–Trinajstić information content (AvgIpc) is 2.78. The highest BCUT2D eigenvalue weighted by Crippen LogP contribution is 2.31. The van der Waals surface area contributed by atoms with E-state index in [2.05, 4.69) is 0 Å². The molecule has 0 saturated heterocycles. The maximum atomic E-state index is 11.4. The van der Waals surface area contributed by atoms with E-state index in [0.29, 0.717) is 0 Å². The molecule has 4 heteroatoms. The van der Waals surface area contributed by atoms with E-state index < -0.39 is 4.92 Å². The first-order valence-electron chi connectivity index (χ1n) is 5.23. The number of rotatable bonds is 3. The molecule has 4 nitrogen and oxygen atoms in total. The van der Waals surface area contributed by atoms with Crippen LogP contribution in [0.15, 0.2) is 48.1 Å². The first kappa shape index (κ1) is 11.3. The molecule has 1 atom stereocenters. The molecule has 0 spiro atoms. The van der Waals surface area contributed by atoms with E-state index in [-0.39, 0.29) is 17.4 Å². The number of nitro groups is 1. The van der Waals surface area contributed by atoms with Crippen LogP contribution >= 0.6 is 0 Å². The van der Waals surface area contributed by atoms with Gasteiger partial charge >= 0.3 is 0 Å². The van der Waals surface area contributed by atoms with Crippen LogP contribution in [0.5, 0.6) is 0 Å². The Hall–Kier alpha value is -2.23. The van der Waals surface area contributed by atoms with Crippen LogP contribution in [-0.4, -0.2) is 10.7 Å². The number of carbonyl (C=O) groups is 1. The summed E-state index contributed by atoms with van der Waals surface area (Å²) in [6.07, 6.45) is 5.54. The molecule has 1 aromatic rings. The van der Waals surface area contributed by atoms with Crippen LogP contribution in [0, 0.1) is 10.1 Å². The van der Waals surface area contributed by atoms with E-state index in [9.17, 15) is 14.9 Å². The molecule has 0 heterocycles. The summed E-state index contributed by atoms with van der Waals surface area (Å²) < 4.78 is 0. The summed E-state index contributed by atoms with van der Waals surface area (Å²) in [7, 11) is 0.